The molecule has 3 aromatic rings. The summed E-state index contributed by atoms with van der Waals surface area (Å²) in [6, 6.07) is 4.71. The monoisotopic (exact) mass is 481 g/mol. The molecule has 0 aromatic carbocycles. The first kappa shape index (κ1) is 23.0. The fourth-order valence-electron chi connectivity index (χ4n) is 3.87. The minimum Gasteiger partial charge on any atom is -0.413 e. The molecule has 0 radical (unpaired) electrons. The van der Waals surface area contributed by atoms with Crippen LogP contribution in [-0.4, -0.2) is 42.6 Å². The summed E-state index contributed by atoms with van der Waals surface area (Å²) in [5.74, 6) is 0.409. The fourth-order valence-corrected chi connectivity index (χ4v) is 5.22. The Balaban J connectivity index is 2.03. The third kappa shape index (κ3) is 3.51. The van der Waals surface area contributed by atoms with Gasteiger partial charge in [-0.25, -0.2) is 4.98 Å². The molecular formula is C21H22F3N5O3S. The van der Waals surface area contributed by atoms with Crippen molar-refractivity contribution in [1.82, 2.24) is 19.3 Å². The number of alkyl halides is 3. The van der Waals surface area contributed by atoms with Crippen LogP contribution in [0.1, 0.15) is 31.0 Å². The van der Waals surface area contributed by atoms with Crippen molar-refractivity contribution in [3.63, 3.8) is 0 Å². The van der Waals surface area contributed by atoms with E-state index in [0.29, 0.717) is 29.1 Å². The molecule has 3 aromatic heterocycles. The lowest BCUT2D eigenvalue weighted by atomic mass is 9.99. The molecule has 12 heteroatoms. The molecule has 1 aliphatic carbocycles. The molecule has 0 atom stereocenters. The van der Waals surface area contributed by atoms with Crippen molar-refractivity contribution >= 4 is 21.0 Å². The fraction of sp³-hybridized carbons (Fsp3) is 0.429. The maximum Gasteiger partial charge on any atom is 0.435 e. The summed E-state index contributed by atoms with van der Waals surface area (Å²) in [6.45, 7) is 1.76. The van der Waals surface area contributed by atoms with Crippen LogP contribution in [0.15, 0.2) is 28.0 Å². The van der Waals surface area contributed by atoms with E-state index >= 15 is 0 Å². The number of nitrogens with zero attached hydrogens (tertiary/aromatic N) is 5. The normalized spacial score (nSPS) is 15.9. The highest BCUT2D eigenvalue weighted by molar-refractivity contribution is 8.02. The highest BCUT2D eigenvalue weighted by Gasteiger charge is 2.46. The summed E-state index contributed by atoms with van der Waals surface area (Å²) in [5.41, 5.74) is -2.43. The summed E-state index contributed by atoms with van der Waals surface area (Å²) >= 11 is 0. The second-order valence-electron chi connectivity index (χ2n) is 8.24. The summed E-state index contributed by atoms with van der Waals surface area (Å²) in [6.07, 6.45) is -0.395. The molecule has 33 heavy (non-hydrogen) atoms. The molecule has 3 heterocycles. The minimum atomic E-state index is -4.84. The van der Waals surface area contributed by atoms with Crippen molar-refractivity contribution in [1.29, 1.82) is 5.26 Å². The van der Waals surface area contributed by atoms with Crippen molar-refractivity contribution in [2.45, 2.75) is 36.3 Å². The van der Waals surface area contributed by atoms with Gasteiger partial charge in [-0.2, -0.15) is 18.4 Å². The zero-order valence-electron chi connectivity index (χ0n) is 18.4. The molecule has 176 valence electrons. The average molecular weight is 482 g/mol. The second kappa shape index (κ2) is 7.41. The molecule has 0 bridgehead atoms. The van der Waals surface area contributed by atoms with Crippen LogP contribution in [0, 0.1) is 11.3 Å². The van der Waals surface area contributed by atoms with Gasteiger partial charge in [-0.1, -0.05) is 16.9 Å². The van der Waals surface area contributed by atoms with E-state index in [9.17, 15) is 27.4 Å². The first-order chi connectivity index (χ1) is 15.4. The van der Waals surface area contributed by atoms with Gasteiger partial charge >= 0.3 is 11.7 Å². The van der Waals surface area contributed by atoms with Crippen LogP contribution >= 0.6 is 0 Å². The Morgan fingerprint density at radius 3 is 2.52 bits per heavy atom. The van der Waals surface area contributed by atoms with Crippen molar-refractivity contribution in [2.75, 3.05) is 19.1 Å². The number of imidazole rings is 1. The van der Waals surface area contributed by atoms with E-state index < -0.39 is 32.8 Å². The van der Waals surface area contributed by atoms with Gasteiger partial charge in [-0.15, -0.1) is 4.73 Å². The van der Waals surface area contributed by atoms with Crippen LogP contribution in [-0.2, 0) is 28.6 Å². The van der Waals surface area contributed by atoms with E-state index in [1.807, 2.05) is 0 Å². The topological polar surface area (TPSA) is 103 Å². The van der Waals surface area contributed by atoms with Gasteiger partial charge in [0.25, 0.3) is 0 Å². The number of pyridine rings is 2. The molecule has 0 amide bonds. The zero-order chi connectivity index (χ0) is 24.3. The van der Waals surface area contributed by atoms with E-state index in [4.69, 9.17) is 4.84 Å². The number of fused-ring (bicyclic) bond motifs is 1. The number of nitriles is 1. The number of halogens is 3. The number of thiol groups is 1. The van der Waals surface area contributed by atoms with Crippen LogP contribution in [0.25, 0.3) is 22.6 Å². The summed E-state index contributed by atoms with van der Waals surface area (Å²) < 4.78 is 55.4. The molecule has 0 aliphatic heterocycles. The lowest BCUT2D eigenvalue weighted by Gasteiger charge is -2.21. The molecule has 0 saturated heterocycles. The minimum absolute atomic E-state index is 0.1000. The van der Waals surface area contributed by atoms with E-state index in [1.165, 1.54) is 17.8 Å². The molecule has 1 saturated carbocycles. The van der Waals surface area contributed by atoms with Crippen molar-refractivity contribution in [2.24, 2.45) is 7.05 Å². The first-order valence-electron chi connectivity index (χ1n) is 10.1. The summed E-state index contributed by atoms with van der Waals surface area (Å²) in [4.78, 5) is 26.6. The molecule has 0 spiro atoms. The Kier molecular flexibility index (Phi) is 5.16. The Bertz CT molecular complexity index is 1430. The van der Waals surface area contributed by atoms with Crippen LogP contribution < -0.4 is 10.4 Å². The lowest BCUT2D eigenvalue weighted by Crippen LogP contribution is -2.32. The van der Waals surface area contributed by atoms with Gasteiger partial charge in [0.05, 0.1) is 17.0 Å². The number of hydrogen-bond donors (Lipinski definition) is 1. The molecule has 0 N–H and O–H groups in total. The number of rotatable bonds is 5. The van der Waals surface area contributed by atoms with Gasteiger partial charge in [0.2, 0.25) is 0 Å². The Labute approximate surface area is 188 Å². The average Bonchev–Trinajstić information content (AvgIpc) is 3.50. The largest absolute Gasteiger partial charge is 0.435 e. The predicted molar refractivity (Wildman–Crippen MR) is 117 cm³/mol. The molecule has 4 rings (SSSR count). The molecule has 1 aliphatic rings. The van der Waals surface area contributed by atoms with Crippen molar-refractivity contribution in [3.8, 4) is 17.6 Å². The molecule has 8 nitrogen and oxygen atoms in total. The number of aromatic nitrogens is 4. The van der Waals surface area contributed by atoms with Gasteiger partial charge in [0.15, 0.2) is 11.5 Å². The van der Waals surface area contributed by atoms with Crippen molar-refractivity contribution < 1.29 is 22.2 Å². The van der Waals surface area contributed by atoms with E-state index in [2.05, 4.69) is 16.0 Å². The summed E-state index contributed by atoms with van der Waals surface area (Å²) in [5, 5.41) is 9.55. The number of hydrogen-bond acceptors (Lipinski definition) is 6. The van der Waals surface area contributed by atoms with Crippen LogP contribution in [0.4, 0.5) is 13.2 Å². The van der Waals surface area contributed by atoms with Gasteiger partial charge in [-0.05, 0) is 36.8 Å². The molecule has 0 unspecified atom stereocenters. The summed E-state index contributed by atoms with van der Waals surface area (Å²) in [7, 11) is -0.505. The predicted octanol–water partition coefficient (Wildman–Crippen LogP) is 2.45. The standard InChI is InChI=1S/C21H22F3N5O3S/c1-5-33(4,31)14-8-12(20(11-25)6-7-20)10-26-16(14)18-27-13-9-15(21(22,23)24)29(32-3)19(30)17(13)28(18)2/h8-10,33H,5-7H2,1-4H3. The SMILES string of the molecule is CC[SH](C)(=O)c1cc(C2(C#N)CC2)cnc1-c1nc2cc(C(F)(F)F)n(OC)c(=O)c2n1C. The Hall–Kier alpha value is -3.20. The first-order valence-corrected chi connectivity index (χ1v) is 12.5. The smallest absolute Gasteiger partial charge is 0.413 e. The van der Waals surface area contributed by atoms with E-state index in [-0.39, 0.29) is 27.3 Å². The third-order valence-corrected chi connectivity index (χ3v) is 8.75. The van der Waals surface area contributed by atoms with E-state index in [0.717, 1.165) is 13.2 Å². The quantitative estimate of drug-likeness (QED) is 0.562. The van der Waals surface area contributed by atoms with Crippen LogP contribution in [0.5, 0.6) is 0 Å². The number of aryl methyl sites for hydroxylation is 1. The van der Waals surface area contributed by atoms with Gasteiger partial charge in [0, 0.05) is 23.9 Å². The lowest BCUT2D eigenvalue weighted by molar-refractivity contribution is -0.151. The van der Waals surface area contributed by atoms with Crippen LogP contribution in [0.3, 0.4) is 0 Å². The third-order valence-electron chi connectivity index (χ3n) is 6.18. The highest BCUT2D eigenvalue weighted by atomic mass is 32.2. The Morgan fingerprint density at radius 2 is 2.00 bits per heavy atom. The van der Waals surface area contributed by atoms with E-state index in [1.54, 1.807) is 19.2 Å². The molecule has 1 fully saturated rings. The van der Waals surface area contributed by atoms with Gasteiger partial charge < -0.3 is 9.40 Å². The molecular weight excluding hydrogens is 459 g/mol. The Morgan fingerprint density at radius 1 is 1.33 bits per heavy atom. The second-order valence-corrected chi connectivity index (χ2v) is 11.6. The maximum absolute atomic E-state index is 13.5. The maximum atomic E-state index is 13.5. The van der Waals surface area contributed by atoms with Gasteiger partial charge in [-0.3, -0.25) is 14.0 Å². The highest BCUT2D eigenvalue weighted by Crippen LogP contribution is 2.48. The van der Waals surface area contributed by atoms with Gasteiger partial charge in [0.1, 0.15) is 18.3 Å². The van der Waals surface area contributed by atoms with Crippen LogP contribution in [0.2, 0.25) is 0 Å². The van der Waals surface area contributed by atoms with Crippen molar-refractivity contribution in [3.05, 3.63) is 39.9 Å². The zero-order valence-corrected chi connectivity index (χ0v) is 19.3.